The highest BCUT2D eigenvalue weighted by atomic mass is 16.5. The Labute approximate surface area is 142 Å². The number of nitrogens with zero attached hydrogens (tertiary/aromatic N) is 3. The maximum absolute atomic E-state index is 10.1. The zero-order valence-corrected chi connectivity index (χ0v) is 14.2. The van der Waals surface area contributed by atoms with Crippen LogP contribution in [0.1, 0.15) is 32.6 Å². The minimum atomic E-state index is 0.0684. The standard InChI is InChI=1S/C18H25N3O3/c1-2-3-4-5-8-24-18-16(22)11-14-13-19-17(12-15(14)20-18)21-6-9-23-10-7-21/h11-13,22H,2-10H2,1H3. The molecule has 1 fully saturated rings. The van der Waals surface area contributed by atoms with Crippen LogP contribution in [0, 0.1) is 0 Å². The predicted molar refractivity (Wildman–Crippen MR) is 93.9 cm³/mol. The van der Waals surface area contributed by atoms with E-state index < -0.39 is 0 Å². The summed E-state index contributed by atoms with van der Waals surface area (Å²) < 4.78 is 11.0. The molecule has 0 aliphatic carbocycles. The highest BCUT2D eigenvalue weighted by molar-refractivity contribution is 5.82. The summed E-state index contributed by atoms with van der Waals surface area (Å²) in [5, 5.41) is 10.9. The number of ether oxygens (including phenoxy) is 2. The van der Waals surface area contributed by atoms with Gasteiger partial charge < -0.3 is 19.5 Å². The number of anilines is 1. The Balaban J connectivity index is 1.74. The van der Waals surface area contributed by atoms with E-state index in [1.807, 2.05) is 6.07 Å². The van der Waals surface area contributed by atoms with E-state index in [-0.39, 0.29) is 5.75 Å². The SMILES string of the molecule is CCCCCCOc1nc2cc(N3CCOCC3)ncc2cc1O. The molecule has 1 saturated heterocycles. The second-order valence-electron chi connectivity index (χ2n) is 6.06. The van der Waals surface area contributed by atoms with Crippen LogP contribution in [0.25, 0.3) is 10.9 Å². The highest BCUT2D eigenvalue weighted by Crippen LogP contribution is 2.29. The molecule has 0 bridgehead atoms. The first-order chi connectivity index (χ1) is 11.8. The van der Waals surface area contributed by atoms with Gasteiger partial charge in [0.15, 0.2) is 5.75 Å². The average molecular weight is 331 g/mol. The summed E-state index contributed by atoms with van der Waals surface area (Å²) in [6.45, 7) is 5.85. The maximum Gasteiger partial charge on any atom is 0.257 e. The van der Waals surface area contributed by atoms with Crippen LogP contribution in [0.5, 0.6) is 11.6 Å². The quantitative estimate of drug-likeness (QED) is 0.786. The lowest BCUT2D eigenvalue weighted by Crippen LogP contribution is -2.36. The van der Waals surface area contributed by atoms with Crippen LogP contribution >= 0.6 is 0 Å². The third kappa shape index (κ3) is 4.06. The van der Waals surface area contributed by atoms with Gasteiger partial charge in [0.25, 0.3) is 5.88 Å². The van der Waals surface area contributed by atoms with Crippen molar-refractivity contribution in [2.24, 2.45) is 0 Å². The fourth-order valence-corrected chi connectivity index (χ4v) is 2.80. The van der Waals surface area contributed by atoms with Gasteiger partial charge in [-0.05, 0) is 12.5 Å². The molecule has 24 heavy (non-hydrogen) atoms. The second kappa shape index (κ2) is 8.15. The van der Waals surface area contributed by atoms with E-state index in [0.717, 1.165) is 55.9 Å². The number of morpholine rings is 1. The van der Waals surface area contributed by atoms with Crippen LogP contribution in [0.3, 0.4) is 0 Å². The van der Waals surface area contributed by atoms with Crippen molar-refractivity contribution in [2.75, 3.05) is 37.8 Å². The number of hydrogen-bond acceptors (Lipinski definition) is 6. The van der Waals surface area contributed by atoms with Gasteiger partial charge in [0.05, 0.1) is 25.3 Å². The van der Waals surface area contributed by atoms with Gasteiger partial charge in [0.1, 0.15) is 5.82 Å². The van der Waals surface area contributed by atoms with Gasteiger partial charge >= 0.3 is 0 Å². The summed E-state index contributed by atoms with van der Waals surface area (Å²) in [5.74, 6) is 1.26. The molecule has 3 rings (SSSR count). The minimum absolute atomic E-state index is 0.0684. The molecule has 1 N–H and O–H groups in total. The molecule has 0 atom stereocenters. The molecule has 130 valence electrons. The molecule has 0 saturated carbocycles. The molecule has 1 aliphatic rings. The zero-order valence-electron chi connectivity index (χ0n) is 14.2. The molecule has 3 heterocycles. The Morgan fingerprint density at radius 1 is 1.21 bits per heavy atom. The van der Waals surface area contributed by atoms with Crippen LogP contribution in [-0.2, 0) is 4.74 Å². The molecule has 6 nitrogen and oxygen atoms in total. The summed E-state index contributed by atoms with van der Waals surface area (Å²) in [4.78, 5) is 11.1. The maximum atomic E-state index is 10.1. The van der Waals surface area contributed by atoms with Crippen molar-refractivity contribution in [3.05, 3.63) is 18.3 Å². The summed E-state index contributed by atoms with van der Waals surface area (Å²) in [7, 11) is 0. The number of aromatic hydroxyl groups is 1. The summed E-state index contributed by atoms with van der Waals surface area (Å²) >= 11 is 0. The fraction of sp³-hybridized carbons (Fsp3) is 0.556. The van der Waals surface area contributed by atoms with E-state index in [4.69, 9.17) is 9.47 Å². The molecule has 2 aromatic rings. The summed E-state index contributed by atoms with van der Waals surface area (Å²) in [5.41, 5.74) is 0.785. The molecule has 1 aliphatic heterocycles. The summed E-state index contributed by atoms with van der Waals surface area (Å²) in [6, 6.07) is 3.61. The van der Waals surface area contributed by atoms with Gasteiger partial charge in [-0.15, -0.1) is 0 Å². The van der Waals surface area contributed by atoms with E-state index in [0.29, 0.717) is 12.5 Å². The molecule has 0 unspecified atom stereocenters. The van der Waals surface area contributed by atoms with Crippen molar-refractivity contribution in [3.8, 4) is 11.6 Å². The first-order valence-corrected chi connectivity index (χ1v) is 8.73. The molecular formula is C18H25N3O3. The van der Waals surface area contributed by atoms with Crippen molar-refractivity contribution < 1.29 is 14.6 Å². The number of fused-ring (bicyclic) bond motifs is 1. The van der Waals surface area contributed by atoms with Crippen LogP contribution in [0.4, 0.5) is 5.82 Å². The first-order valence-electron chi connectivity index (χ1n) is 8.73. The molecule has 0 amide bonds. The van der Waals surface area contributed by atoms with Gasteiger partial charge in [-0.3, -0.25) is 0 Å². The third-order valence-electron chi connectivity index (χ3n) is 4.20. The lowest BCUT2D eigenvalue weighted by atomic mass is 10.2. The Morgan fingerprint density at radius 3 is 2.83 bits per heavy atom. The average Bonchev–Trinajstić information content (AvgIpc) is 2.62. The van der Waals surface area contributed by atoms with E-state index in [1.165, 1.54) is 12.8 Å². The normalized spacial score (nSPS) is 15.0. The fourth-order valence-electron chi connectivity index (χ4n) is 2.80. The predicted octanol–water partition coefficient (Wildman–Crippen LogP) is 3.13. The number of hydrogen-bond donors (Lipinski definition) is 1. The Morgan fingerprint density at radius 2 is 2.04 bits per heavy atom. The van der Waals surface area contributed by atoms with Crippen LogP contribution in [-0.4, -0.2) is 48.0 Å². The smallest absolute Gasteiger partial charge is 0.257 e. The van der Waals surface area contributed by atoms with Crippen molar-refractivity contribution in [2.45, 2.75) is 32.6 Å². The second-order valence-corrected chi connectivity index (χ2v) is 6.06. The lowest BCUT2D eigenvalue weighted by molar-refractivity contribution is 0.122. The van der Waals surface area contributed by atoms with Crippen molar-refractivity contribution >= 4 is 16.7 Å². The largest absolute Gasteiger partial charge is 0.503 e. The zero-order chi connectivity index (χ0) is 16.8. The van der Waals surface area contributed by atoms with Gasteiger partial charge in [-0.2, -0.15) is 0 Å². The number of rotatable bonds is 7. The Hall–Kier alpha value is -2.08. The van der Waals surface area contributed by atoms with Crippen molar-refractivity contribution in [1.29, 1.82) is 0 Å². The monoisotopic (exact) mass is 331 g/mol. The Bertz CT molecular complexity index is 672. The van der Waals surface area contributed by atoms with E-state index >= 15 is 0 Å². The topological polar surface area (TPSA) is 67.7 Å². The van der Waals surface area contributed by atoms with Gasteiger partial charge in [-0.25, -0.2) is 9.97 Å². The molecule has 6 heteroatoms. The molecule has 2 aromatic heterocycles. The van der Waals surface area contributed by atoms with Gasteiger partial charge in [-0.1, -0.05) is 26.2 Å². The van der Waals surface area contributed by atoms with E-state index in [9.17, 15) is 5.11 Å². The minimum Gasteiger partial charge on any atom is -0.503 e. The Kier molecular flexibility index (Phi) is 5.69. The van der Waals surface area contributed by atoms with Gasteiger partial charge in [0, 0.05) is 30.7 Å². The molecule has 0 radical (unpaired) electrons. The van der Waals surface area contributed by atoms with E-state index in [1.54, 1.807) is 12.3 Å². The van der Waals surface area contributed by atoms with Gasteiger partial charge in [0.2, 0.25) is 0 Å². The van der Waals surface area contributed by atoms with E-state index in [2.05, 4.69) is 21.8 Å². The molecule has 0 spiro atoms. The van der Waals surface area contributed by atoms with Crippen LogP contribution in [0.15, 0.2) is 18.3 Å². The van der Waals surface area contributed by atoms with Crippen LogP contribution in [0.2, 0.25) is 0 Å². The molecule has 0 aromatic carbocycles. The highest BCUT2D eigenvalue weighted by Gasteiger charge is 2.14. The third-order valence-corrected chi connectivity index (χ3v) is 4.20. The lowest BCUT2D eigenvalue weighted by Gasteiger charge is -2.27. The first kappa shape index (κ1) is 16.8. The van der Waals surface area contributed by atoms with Crippen molar-refractivity contribution in [1.82, 2.24) is 9.97 Å². The number of pyridine rings is 2. The number of aromatic nitrogens is 2. The molecular weight excluding hydrogens is 306 g/mol. The van der Waals surface area contributed by atoms with Crippen molar-refractivity contribution in [3.63, 3.8) is 0 Å². The van der Waals surface area contributed by atoms with Crippen LogP contribution < -0.4 is 9.64 Å². The number of unbranched alkanes of at least 4 members (excludes halogenated alkanes) is 3. The summed E-state index contributed by atoms with van der Waals surface area (Å²) in [6.07, 6.45) is 6.25.